The van der Waals surface area contributed by atoms with E-state index in [1.807, 2.05) is 12.1 Å². The molecule has 1 amide bonds. The molecule has 0 N–H and O–H groups in total. The number of halogens is 1. The van der Waals surface area contributed by atoms with Crippen LogP contribution in [0.1, 0.15) is 12.5 Å². The van der Waals surface area contributed by atoms with E-state index < -0.39 is 0 Å². The monoisotopic (exact) mass is 182 g/mol. The molecule has 1 aromatic rings. The van der Waals surface area contributed by atoms with Gasteiger partial charge in [-0.2, -0.15) is 0 Å². The van der Waals surface area contributed by atoms with Crippen LogP contribution in [0.3, 0.4) is 0 Å². The summed E-state index contributed by atoms with van der Waals surface area (Å²) in [5.74, 6) is -0.157. The summed E-state index contributed by atoms with van der Waals surface area (Å²) in [6.45, 7) is 1.85. The molecule has 12 heavy (non-hydrogen) atoms. The second-order valence-electron chi connectivity index (χ2n) is 2.47. The first-order valence-electron chi connectivity index (χ1n) is 3.61. The van der Waals surface area contributed by atoms with Crippen molar-refractivity contribution in [3.05, 3.63) is 34.9 Å². The molecule has 0 aliphatic heterocycles. The highest BCUT2D eigenvalue weighted by atomic mass is 35.5. The molecule has 0 unspecified atom stereocenters. The minimum absolute atomic E-state index is 0.157. The highest BCUT2D eigenvalue weighted by Crippen LogP contribution is 2.10. The quantitative estimate of drug-likeness (QED) is 0.688. The van der Waals surface area contributed by atoms with Crippen molar-refractivity contribution in [3.63, 3.8) is 0 Å². The molecule has 0 saturated heterocycles. The van der Waals surface area contributed by atoms with Gasteiger partial charge in [-0.05, 0) is 17.7 Å². The maximum atomic E-state index is 10.5. The van der Waals surface area contributed by atoms with E-state index in [0.717, 1.165) is 5.56 Å². The van der Waals surface area contributed by atoms with Gasteiger partial charge in [-0.15, -0.1) is 0 Å². The Morgan fingerprint density at radius 1 is 1.58 bits per heavy atom. The van der Waals surface area contributed by atoms with Gasteiger partial charge in [-0.1, -0.05) is 23.7 Å². The van der Waals surface area contributed by atoms with E-state index in [9.17, 15) is 4.79 Å². The van der Waals surface area contributed by atoms with Gasteiger partial charge < -0.3 is 0 Å². The molecule has 1 radical (unpaired) electrons. The lowest BCUT2D eigenvalue weighted by molar-refractivity contribution is -0.119. The Morgan fingerprint density at radius 3 is 2.92 bits per heavy atom. The molecule has 3 heteroatoms. The molecular weight excluding hydrogens is 174 g/mol. The zero-order chi connectivity index (χ0) is 8.97. The van der Waals surface area contributed by atoms with Gasteiger partial charge in [0.25, 0.3) is 0 Å². The van der Waals surface area contributed by atoms with E-state index in [1.165, 1.54) is 6.92 Å². The molecule has 1 aromatic carbocycles. The number of benzene rings is 1. The molecule has 0 aromatic heterocycles. The van der Waals surface area contributed by atoms with Crippen molar-refractivity contribution in [1.29, 1.82) is 0 Å². The van der Waals surface area contributed by atoms with Crippen molar-refractivity contribution in [3.8, 4) is 0 Å². The van der Waals surface area contributed by atoms with Crippen LogP contribution in [0.15, 0.2) is 24.3 Å². The van der Waals surface area contributed by atoms with Crippen LogP contribution in [0, 0.1) is 0 Å². The number of rotatable bonds is 2. The third-order valence-corrected chi connectivity index (χ3v) is 1.61. The standard InChI is InChI=1S/C9H9ClNO/c1-7(12)11-6-8-3-2-4-9(10)5-8/h2-5H,6H2,1H3. The van der Waals surface area contributed by atoms with Crippen LogP contribution >= 0.6 is 11.6 Å². The fourth-order valence-corrected chi connectivity index (χ4v) is 1.05. The minimum atomic E-state index is -0.157. The average molecular weight is 183 g/mol. The molecule has 0 saturated carbocycles. The van der Waals surface area contributed by atoms with Gasteiger partial charge in [0.15, 0.2) is 0 Å². The van der Waals surface area contributed by atoms with Crippen molar-refractivity contribution in [2.75, 3.05) is 0 Å². The van der Waals surface area contributed by atoms with Crippen molar-refractivity contribution in [2.24, 2.45) is 0 Å². The Labute approximate surface area is 76.5 Å². The number of amides is 1. The van der Waals surface area contributed by atoms with E-state index in [-0.39, 0.29) is 5.91 Å². The lowest BCUT2D eigenvalue weighted by atomic mass is 10.2. The van der Waals surface area contributed by atoms with Gasteiger partial charge in [0.1, 0.15) is 0 Å². The van der Waals surface area contributed by atoms with Crippen LogP contribution in [0.2, 0.25) is 5.02 Å². The summed E-state index contributed by atoms with van der Waals surface area (Å²) in [7, 11) is 0. The summed E-state index contributed by atoms with van der Waals surface area (Å²) < 4.78 is 0. The van der Waals surface area contributed by atoms with E-state index in [0.29, 0.717) is 11.6 Å². The number of nitrogens with zero attached hydrogens (tertiary/aromatic N) is 1. The number of carbonyl (C=O) groups excluding carboxylic acids is 1. The van der Waals surface area contributed by atoms with E-state index in [1.54, 1.807) is 12.1 Å². The van der Waals surface area contributed by atoms with Crippen molar-refractivity contribution < 1.29 is 4.79 Å². The zero-order valence-electron chi connectivity index (χ0n) is 6.75. The Kier molecular flexibility index (Phi) is 3.11. The second-order valence-corrected chi connectivity index (χ2v) is 2.90. The molecule has 63 valence electrons. The first-order valence-corrected chi connectivity index (χ1v) is 3.99. The van der Waals surface area contributed by atoms with E-state index in [4.69, 9.17) is 11.6 Å². The Hall–Kier alpha value is -1.02. The Balaban J connectivity index is 2.57. The first kappa shape index (κ1) is 9.07. The minimum Gasteiger partial charge on any atom is -0.273 e. The summed E-state index contributed by atoms with van der Waals surface area (Å²) >= 11 is 5.73. The molecule has 2 nitrogen and oxygen atoms in total. The molecular formula is C9H9ClNO. The van der Waals surface area contributed by atoms with Gasteiger partial charge in [0.05, 0.1) is 6.54 Å². The predicted octanol–water partition coefficient (Wildman–Crippen LogP) is 1.99. The lowest BCUT2D eigenvalue weighted by Crippen LogP contribution is -2.10. The Bertz CT molecular complexity index is 286. The third-order valence-electron chi connectivity index (χ3n) is 1.37. The van der Waals surface area contributed by atoms with Crippen LogP contribution in [-0.2, 0) is 11.3 Å². The molecule has 0 fully saturated rings. The number of hydrogen-bond donors (Lipinski definition) is 0. The van der Waals surface area contributed by atoms with Crippen LogP contribution in [0.5, 0.6) is 0 Å². The van der Waals surface area contributed by atoms with Crippen LogP contribution < -0.4 is 5.32 Å². The normalized spacial score (nSPS) is 9.50. The van der Waals surface area contributed by atoms with Crippen LogP contribution in [-0.4, -0.2) is 5.91 Å². The van der Waals surface area contributed by atoms with Crippen molar-refractivity contribution >= 4 is 17.5 Å². The summed E-state index contributed by atoms with van der Waals surface area (Å²) in [5.41, 5.74) is 0.956. The van der Waals surface area contributed by atoms with Gasteiger partial charge in [-0.3, -0.25) is 4.79 Å². The molecule has 0 aliphatic rings. The molecule has 0 bridgehead atoms. The fourth-order valence-electron chi connectivity index (χ4n) is 0.838. The molecule has 0 atom stereocenters. The van der Waals surface area contributed by atoms with Crippen molar-refractivity contribution in [2.45, 2.75) is 13.5 Å². The summed E-state index contributed by atoms with van der Waals surface area (Å²) in [4.78, 5) is 10.5. The van der Waals surface area contributed by atoms with Crippen LogP contribution in [0.4, 0.5) is 0 Å². The Morgan fingerprint density at radius 2 is 2.33 bits per heavy atom. The predicted molar refractivity (Wildman–Crippen MR) is 48.0 cm³/mol. The maximum absolute atomic E-state index is 10.5. The number of hydrogen-bond acceptors (Lipinski definition) is 1. The first-order chi connectivity index (χ1) is 5.68. The lowest BCUT2D eigenvalue weighted by Gasteiger charge is -1.99. The number of carbonyl (C=O) groups is 1. The zero-order valence-corrected chi connectivity index (χ0v) is 7.51. The molecule has 0 spiro atoms. The average Bonchev–Trinajstić information content (AvgIpc) is 2.01. The largest absolute Gasteiger partial charge is 0.273 e. The molecule has 0 aliphatic carbocycles. The SMILES string of the molecule is CC(=O)[N]Cc1cccc(Cl)c1. The summed E-state index contributed by atoms with van der Waals surface area (Å²) in [6.07, 6.45) is 0. The maximum Gasteiger partial charge on any atom is 0.238 e. The topological polar surface area (TPSA) is 31.2 Å². The van der Waals surface area contributed by atoms with E-state index >= 15 is 0 Å². The van der Waals surface area contributed by atoms with Gasteiger partial charge >= 0.3 is 0 Å². The van der Waals surface area contributed by atoms with Crippen molar-refractivity contribution in [1.82, 2.24) is 5.32 Å². The molecule has 1 rings (SSSR count). The van der Waals surface area contributed by atoms with Gasteiger partial charge in [0, 0.05) is 11.9 Å². The van der Waals surface area contributed by atoms with Gasteiger partial charge in [-0.25, -0.2) is 5.32 Å². The highest BCUT2D eigenvalue weighted by Gasteiger charge is 1.96. The summed E-state index contributed by atoms with van der Waals surface area (Å²) in [5, 5.41) is 4.41. The third kappa shape index (κ3) is 2.93. The molecule has 0 heterocycles. The summed E-state index contributed by atoms with van der Waals surface area (Å²) in [6, 6.07) is 7.32. The smallest absolute Gasteiger partial charge is 0.238 e. The van der Waals surface area contributed by atoms with Crippen LogP contribution in [0.25, 0.3) is 0 Å². The van der Waals surface area contributed by atoms with Gasteiger partial charge in [0.2, 0.25) is 5.91 Å². The van der Waals surface area contributed by atoms with E-state index in [2.05, 4.69) is 5.32 Å². The second kappa shape index (κ2) is 4.12. The fraction of sp³-hybridized carbons (Fsp3) is 0.222. The highest BCUT2D eigenvalue weighted by molar-refractivity contribution is 6.30.